The molecule has 1 aromatic heterocycles. The molecule has 10 heteroatoms. The lowest BCUT2D eigenvalue weighted by molar-refractivity contribution is 0.182. The highest BCUT2D eigenvalue weighted by atomic mass is 32.1. The minimum absolute atomic E-state index is 0.136. The first kappa shape index (κ1) is 24.2. The first-order valence-corrected chi connectivity index (χ1v) is 12.6. The summed E-state index contributed by atoms with van der Waals surface area (Å²) in [6, 6.07) is 6.64. The number of primary amides is 2. The highest BCUT2D eigenvalue weighted by Crippen LogP contribution is 2.44. The van der Waals surface area contributed by atoms with Crippen LogP contribution >= 0.6 is 11.3 Å². The summed E-state index contributed by atoms with van der Waals surface area (Å²) in [4.78, 5) is 25.9. The van der Waals surface area contributed by atoms with Crippen LogP contribution in [0.2, 0.25) is 0 Å². The number of ether oxygens (including phenoxy) is 3. The van der Waals surface area contributed by atoms with Gasteiger partial charge in [-0.25, -0.2) is 9.59 Å². The number of anilines is 1. The van der Waals surface area contributed by atoms with Crippen LogP contribution in [0.1, 0.15) is 44.9 Å². The molecule has 2 fully saturated rings. The monoisotopic (exact) mass is 488 g/mol. The third-order valence-corrected chi connectivity index (χ3v) is 7.15. The van der Waals surface area contributed by atoms with Crippen molar-refractivity contribution in [2.75, 3.05) is 31.6 Å². The molecule has 0 radical (unpaired) electrons. The van der Waals surface area contributed by atoms with Crippen molar-refractivity contribution in [2.24, 2.45) is 11.5 Å². The first-order chi connectivity index (χ1) is 16.5. The summed E-state index contributed by atoms with van der Waals surface area (Å²) in [5, 5.41) is 2.78. The van der Waals surface area contributed by atoms with Crippen LogP contribution in [0.5, 0.6) is 17.2 Å². The number of urea groups is 1. The summed E-state index contributed by atoms with van der Waals surface area (Å²) < 4.78 is 17.5. The molecule has 0 bridgehead atoms. The molecule has 3 amide bonds. The molecule has 1 aliphatic carbocycles. The Morgan fingerprint density at radius 1 is 1.03 bits per heavy atom. The fraction of sp³-hybridized carbons (Fsp3) is 0.500. The van der Waals surface area contributed by atoms with E-state index in [0.29, 0.717) is 17.4 Å². The van der Waals surface area contributed by atoms with Gasteiger partial charge in [-0.05, 0) is 63.7 Å². The topological polar surface area (TPSA) is 129 Å². The maximum absolute atomic E-state index is 11.4. The molecule has 1 aliphatic heterocycles. The Balaban J connectivity index is 1.58. The molecule has 184 valence electrons. The average Bonchev–Trinajstić information content (AvgIpc) is 3.44. The Hall–Kier alpha value is -2.98. The van der Waals surface area contributed by atoms with Crippen LogP contribution in [-0.2, 0) is 0 Å². The van der Waals surface area contributed by atoms with E-state index in [1.54, 1.807) is 6.07 Å². The van der Waals surface area contributed by atoms with Gasteiger partial charge in [-0.3, -0.25) is 10.2 Å². The number of hydrogen-bond acceptors (Lipinski definition) is 7. The van der Waals surface area contributed by atoms with Crippen LogP contribution < -0.4 is 31.0 Å². The lowest BCUT2D eigenvalue weighted by atomic mass is 10.1. The fourth-order valence-electron chi connectivity index (χ4n) is 4.46. The number of nitrogens with one attached hydrogen (secondary N) is 1. The van der Waals surface area contributed by atoms with Crippen molar-refractivity contribution < 1.29 is 23.8 Å². The van der Waals surface area contributed by atoms with Gasteiger partial charge in [-0.1, -0.05) is 6.42 Å². The molecular formula is C24H32N4O5S. The molecule has 2 aliphatic rings. The van der Waals surface area contributed by atoms with Crippen molar-refractivity contribution in [3.05, 3.63) is 24.3 Å². The average molecular weight is 489 g/mol. The van der Waals surface area contributed by atoms with Crippen LogP contribution in [0.4, 0.5) is 14.6 Å². The van der Waals surface area contributed by atoms with Crippen molar-refractivity contribution in [2.45, 2.75) is 51.0 Å². The van der Waals surface area contributed by atoms with Gasteiger partial charge in [0.25, 0.3) is 0 Å². The van der Waals surface area contributed by atoms with Crippen LogP contribution in [0, 0.1) is 0 Å². The van der Waals surface area contributed by atoms with Gasteiger partial charge >= 0.3 is 12.1 Å². The number of hydrogen-bond donors (Lipinski definition) is 3. The number of nitrogens with two attached hydrogens (primary N) is 2. The number of carbonyl (C=O) groups excluding carboxylic acids is 2. The van der Waals surface area contributed by atoms with E-state index in [-0.39, 0.29) is 11.9 Å². The lowest BCUT2D eigenvalue weighted by Crippen LogP contribution is -2.33. The number of likely N-dealkylation sites (tertiary alicyclic amines) is 1. The summed E-state index contributed by atoms with van der Waals surface area (Å²) in [5.74, 6) is 1.58. The summed E-state index contributed by atoms with van der Waals surface area (Å²) in [7, 11) is 0. The minimum Gasteiger partial charge on any atom is -0.491 e. The smallest absolute Gasteiger partial charge is 0.410 e. The molecule has 2 heterocycles. The molecule has 9 nitrogen and oxygen atoms in total. The summed E-state index contributed by atoms with van der Waals surface area (Å²) in [6.07, 6.45) is 7.50. The van der Waals surface area contributed by atoms with Gasteiger partial charge < -0.3 is 25.7 Å². The van der Waals surface area contributed by atoms with Crippen LogP contribution in [0.15, 0.2) is 24.3 Å². The Labute approximate surface area is 203 Å². The standard InChI is InChI=1S/C24H32N4O5S/c25-23(29)27-22-20(33-24(26)30)15-21(34-22)18-9-8-17(32-16-6-2-3-7-16)14-19(18)31-13-12-28-10-4-1-5-11-28/h8-9,14-16H,1-7,10-13H2,(H2,26,30)(H3,25,27,29). The van der Waals surface area contributed by atoms with Crippen LogP contribution in [-0.4, -0.2) is 49.4 Å². The van der Waals surface area contributed by atoms with Gasteiger partial charge in [0, 0.05) is 29.1 Å². The van der Waals surface area contributed by atoms with E-state index in [4.69, 9.17) is 25.7 Å². The molecule has 1 saturated carbocycles. The SMILES string of the molecule is NC(=O)Nc1sc(-c2ccc(OC3CCCC3)cc2OCCN2CCCCC2)cc1OC(N)=O. The van der Waals surface area contributed by atoms with Crippen LogP contribution in [0.3, 0.4) is 0 Å². The predicted molar refractivity (Wildman–Crippen MR) is 132 cm³/mol. The van der Waals surface area contributed by atoms with Crippen molar-refractivity contribution in [3.63, 3.8) is 0 Å². The predicted octanol–water partition coefficient (Wildman–Crippen LogP) is 4.55. The van der Waals surface area contributed by atoms with Gasteiger partial charge in [0.1, 0.15) is 23.1 Å². The van der Waals surface area contributed by atoms with E-state index in [9.17, 15) is 9.59 Å². The molecule has 0 atom stereocenters. The highest BCUT2D eigenvalue weighted by molar-refractivity contribution is 7.20. The molecule has 0 unspecified atom stereocenters. The van der Waals surface area contributed by atoms with Gasteiger partial charge in [-0.2, -0.15) is 0 Å². The maximum Gasteiger partial charge on any atom is 0.410 e. The number of rotatable bonds is 9. The molecule has 0 spiro atoms. The maximum atomic E-state index is 11.4. The van der Waals surface area contributed by atoms with Gasteiger partial charge in [0.05, 0.1) is 6.10 Å². The Morgan fingerprint density at radius 2 is 1.79 bits per heavy atom. The van der Waals surface area contributed by atoms with E-state index in [1.165, 1.54) is 43.4 Å². The molecule has 2 aromatic rings. The second kappa shape index (κ2) is 11.4. The third-order valence-electron chi connectivity index (χ3n) is 6.08. The fourth-order valence-corrected chi connectivity index (χ4v) is 5.47. The zero-order valence-corrected chi connectivity index (χ0v) is 20.0. The summed E-state index contributed by atoms with van der Waals surface area (Å²) >= 11 is 1.22. The van der Waals surface area contributed by atoms with Gasteiger partial charge in [0.15, 0.2) is 5.75 Å². The van der Waals surface area contributed by atoms with Gasteiger partial charge in [-0.15, -0.1) is 11.3 Å². The van der Waals surface area contributed by atoms with Crippen LogP contribution in [0.25, 0.3) is 10.4 Å². The molecule has 4 rings (SSSR count). The minimum atomic E-state index is -0.977. The Morgan fingerprint density at radius 3 is 2.50 bits per heavy atom. The molecule has 1 saturated heterocycles. The largest absolute Gasteiger partial charge is 0.491 e. The zero-order valence-electron chi connectivity index (χ0n) is 19.2. The number of amides is 3. The first-order valence-electron chi connectivity index (χ1n) is 11.8. The van der Waals surface area contributed by atoms with E-state index in [2.05, 4.69) is 10.2 Å². The van der Waals surface area contributed by atoms with E-state index in [0.717, 1.165) is 48.7 Å². The van der Waals surface area contributed by atoms with E-state index >= 15 is 0 Å². The number of thiophene rings is 1. The Kier molecular flexibility index (Phi) is 8.12. The molecule has 5 N–H and O–H groups in total. The number of carbonyl (C=O) groups is 2. The summed E-state index contributed by atoms with van der Waals surface area (Å²) in [6.45, 7) is 3.59. The second-order valence-electron chi connectivity index (χ2n) is 8.65. The van der Waals surface area contributed by atoms with E-state index in [1.807, 2.05) is 18.2 Å². The molecular weight excluding hydrogens is 456 g/mol. The number of benzene rings is 1. The molecule has 34 heavy (non-hydrogen) atoms. The quantitative estimate of drug-likeness (QED) is 0.475. The van der Waals surface area contributed by atoms with E-state index < -0.39 is 12.1 Å². The van der Waals surface area contributed by atoms with Crippen molar-refractivity contribution in [1.29, 1.82) is 0 Å². The van der Waals surface area contributed by atoms with Crippen molar-refractivity contribution in [1.82, 2.24) is 4.90 Å². The lowest BCUT2D eigenvalue weighted by Gasteiger charge is -2.26. The normalized spacial score (nSPS) is 16.8. The number of piperidine rings is 1. The van der Waals surface area contributed by atoms with Crippen molar-refractivity contribution >= 4 is 28.5 Å². The third kappa shape index (κ3) is 6.54. The van der Waals surface area contributed by atoms with Gasteiger partial charge in [0.2, 0.25) is 0 Å². The zero-order chi connectivity index (χ0) is 23.9. The second-order valence-corrected chi connectivity index (χ2v) is 9.70. The summed E-state index contributed by atoms with van der Waals surface area (Å²) in [5.41, 5.74) is 11.3. The Bertz CT molecular complexity index is 966. The molecule has 1 aromatic carbocycles. The number of nitrogens with zero attached hydrogens (tertiary/aromatic N) is 1. The highest BCUT2D eigenvalue weighted by Gasteiger charge is 2.21. The van der Waals surface area contributed by atoms with Crippen molar-refractivity contribution in [3.8, 4) is 27.7 Å².